The van der Waals surface area contributed by atoms with Crippen LogP contribution in [0.15, 0.2) is 24.3 Å². The maximum atomic E-state index is 12.8. The number of morpholine rings is 1. The Labute approximate surface area is 153 Å². The van der Waals surface area contributed by atoms with Crippen molar-refractivity contribution in [3.8, 4) is 0 Å². The lowest BCUT2D eigenvalue weighted by molar-refractivity contribution is 0.0125. The van der Waals surface area contributed by atoms with Gasteiger partial charge in [0.05, 0.1) is 13.2 Å². The van der Waals surface area contributed by atoms with Gasteiger partial charge >= 0.3 is 0 Å². The summed E-state index contributed by atoms with van der Waals surface area (Å²) in [5.41, 5.74) is 3.31. The predicted octanol–water partition coefficient (Wildman–Crippen LogP) is 1.99. The van der Waals surface area contributed by atoms with Crippen LogP contribution in [0.5, 0.6) is 0 Å². The minimum absolute atomic E-state index is 0.214. The Kier molecular flexibility index (Phi) is 4.99. The fraction of sp³-hybridized carbons (Fsp3) is 0.526. The van der Waals surface area contributed by atoms with E-state index in [-0.39, 0.29) is 5.91 Å². The zero-order valence-corrected chi connectivity index (χ0v) is 15.1. The summed E-state index contributed by atoms with van der Waals surface area (Å²) in [4.78, 5) is 15.1. The maximum absolute atomic E-state index is 12.8. The molecule has 1 aromatic carbocycles. The van der Waals surface area contributed by atoms with Gasteiger partial charge in [0, 0.05) is 36.4 Å². The number of rotatable bonds is 3. The van der Waals surface area contributed by atoms with Gasteiger partial charge < -0.3 is 9.64 Å². The highest BCUT2D eigenvalue weighted by Crippen LogP contribution is 2.30. The highest BCUT2D eigenvalue weighted by molar-refractivity contribution is 6.07. The molecule has 0 saturated carbocycles. The molecule has 2 aromatic rings. The van der Waals surface area contributed by atoms with Crippen LogP contribution in [0.3, 0.4) is 0 Å². The Morgan fingerprint density at radius 3 is 2.65 bits per heavy atom. The topological polar surface area (TPSA) is 70.6 Å². The molecule has 0 unspecified atom stereocenters. The molecule has 2 fully saturated rings. The summed E-state index contributed by atoms with van der Waals surface area (Å²) in [6.45, 7) is 5.83. The lowest BCUT2D eigenvalue weighted by Gasteiger charge is -2.34. The van der Waals surface area contributed by atoms with Gasteiger partial charge in [-0.25, -0.2) is 5.01 Å². The first-order chi connectivity index (χ1) is 12.7. The quantitative estimate of drug-likeness (QED) is 0.908. The Bertz CT molecular complexity index is 791. The van der Waals surface area contributed by atoms with E-state index in [9.17, 15) is 4.79 Å². The summed E-state index contributed by atoms with van der Waals surface area (Å²) in [6, 6.07) is 8.36. The number of benzene rings is 1. The molecule has 2 saturated heterocycles. The number of ether oxygens (including phenoxy) is 1. The van der Waals surface area contributed by atoms with E-state index in [1.807, 2.05) is 29.3 Å². The van der Waals surface area contributed by atoms with Crippen LogP contribution in [0.4, 0.5) is 5.82 Å². The van der Waals surface area contributed by atoms with E-state index in [2.05, 4.69) is 27.4 Å². The van der Waals surface area contributed by atoms with Gasteiger partial charge in [0.25, 0.3) is 5.91 Å². The first kappa shape index (κ1) is 17.2. The smallest absolute Gasteiger partial charge is 0.286 e. The zero-order valence-electron chi connectivity index (χ0n) is 15.1. The van der Waals surface area contributed by atoms with Gasteiger partial charge in [0.15, 0.2) is 11.5 Å². The van der Waals surface area contributed by atoms with Crippen LogP contribution in [-0.4, -0.2) is 60.0 Å². The molecule has 2 aliphatic rings. The van der Waals surface area contributed by atoms with Crippen molar-refractivity contribution in [3.05, 3.63) is 30.0 Å². The highest BCUT2D eigenvalue weighted by atomic mass is 16.5. The van der Waals surface area contributed by atoms with E-state index < -0.39 is 0 Å². The number of hydrogen-bond acceptors (Lipinski definition) is 6. The Morgan fingerprint density at radius 2 is 1.88 bits per heavy atom. The number of nitrogens with one attached hydrogen (secondary N) is 1. The largest absolute Gasteiger partial charge is 0.379 e. The van der Waals surface area contributed by atoms with Gasteiger partial charge in [-0.2, -0.15) is 0 Å². The number of hydrazine groups is 1. The Hall–Kier alpha value is -2.25. The van der Waals surface area contributed by atoms with E-state index in [4.69, 9.17) is 4.74 Å². The highest BCUT2D eigenvalue weighted by Gasteiger charge is 2.24. The summed E-state index contributed by atoms with van der Waals surface area (Å²) in [6.07, 6.45) is 3.58. The van der Waals surface area contributed by atoms with Crippen LogP contribution in [0.1, 0.15) is 36.7 Å². The molecule has 2 aliphatic heterocycles. The second-order valence-electron chi connectivity index (χ2n) is 7.00. The van der Waals surface area contributed by atoms with Gasteiger partial charge in [-0.05, 0) is 26.2 Å². The minimum atomic E-state index is -0.214. The third-order valence-corrected chi connectivity index (χ3v) is 5.23. The molecule has 7 nitrogen and oxygen atoms in total. The molecular weight excluding hydrogens is 330 g/mol. The summed E-state index contributed by atoms with van der Waals surface area (Å²) in [5, 5.41) is 12.5. The molecule has 0 bridgehead atoms. The molecule has 3 heterocycles. The first-order valence-corrected chi connectivity index (χ1v) is 9.40. The summed E-state index contributed by atoms with van der Waals surface area (Å²) in [5.74, 6) is 0.671. The second kappa shape index (κ2) is 7.55. The number of carbonyl (C=O) groups is 1. The van der Waals surface area contributed by atoms with Crippen molar-refractivity contribution in [1.82, 2.24) is 20.6 Å². The molecule has 138 valence electrons. The maximum Gasteiger partial charge on any atom is 0.286 e. The molecule has 1 N–H and O–H groups in total. The van der Waals surface area contributed by atoms with Crippen molar-refractivity contribution >= 4 is 22.5 Å². The van der Waals surface area contributed by atoms with E-state index in [1.165, 1.54) is 12.8 Å². The zero-order chi connectivity index (χ0) is 17.9. The summed E-state index contributed by atoms with van der Waals surface area (Å²) in [7, 11) is 0. The predicted molar refractivity (Wildman–Crippen MR) is 100 cm³/mol. The number of hydrogen-bond donors (Lipinski definition) is 1. The van der Waals surface area contributed by atoms with E-state index in [0.29, 0.717) is 38.0 Å². The van der Waals surface area contributed by atoms with E-state index in [0.717, 1.165) is 29.6 Å². The normalized spacial score (nSPS) is 21.7. The van der Waals surface area contributed by atoms with Crippen molar-refractivity contribution in [2.45, 2.75) is 32.2 Å². The van der Waals surface area contributed by atoms with Crippen LogP contribution in [0, 0.1) is 0 Å². The number of nitrogens with zero attached hydrogens (tertiary/aromatic N) is 4. The molecule has 1 atom stereocenters. The van der Waals surface area contributed by atoms with Gasteiger partial charge in [0.1, 0.15) is 0 Å². The third kappa shape index (κ3) is 3.37. The molecule has 1 amide bonds. The molecule has 0 spiro atoms. The van der Waals surface area contributed by atoms with Crippen molar-refractivity contribution in [1.29, 1.82) is 0 Å². The SMILES string of the molecule is C[C@H]1CCCCN1c1nnc(C(=O)NN2CCOCC2)c2ccccc12. The summed E-state index contributed by atoms with van der Waals surface area (Å²) < 4.78 is 5.32. The fourth-order valence-corrected chi connectivity index (χ4v) is 3.75. The van der Waals surface area contributed by atoms with Crippen molar-refractivity contribution < 1.29 is 9.53 Å². The lowest BCUT2D eigenvalue weighted by atomic mass is 10.0. The second-order valence-corrected chi connectivity index (χ2v) is 7.00. The molecular formula is C19H25N5O2. The van der Waals surface area contributed by atoms with E-state index >= 15 is 0 Å². The van der Waals surface area contributed by atoms with E-state index in [1.54, 1.807) is 0 Å². The van der Waals surface area contributed by atoms with Crippen molar-refractivity contribution in [3.63, 3.8) is 0 Å². The van der Waals surface area contributed by atoms with Gasteiger partial charge in [-0.1, -0.05) is 24.3 Å². The van der Waals surface area contributed by atoms with Gasteiger partial charge in [-0.15, -0.1) is 10.2 Å². The minimum Gasteiger partial charge on any atom is -0.379 e. The standard InChI is InChI=1S/C19H25N5O2/c1-14-6-4-5-9-24(14)18-16-8-3-2-7-15(16)17(20-21-18)19(25)22-23-10-12-26-13-11-23/h2-3,7-8,14H,4-6,9-13H2,1H3,(H,22,25)/t14-/m0/s1. The average Bonchev–Trinajstić information content (AvgIpc) is 2.68. The van der Waals surface area contributed by atoms with Crippen LogP contribution >= 0.6 is 0 Å². The molecule has 0 radical (unpaired) electrons. The molecule has 4 rings (SSSR count). The van der Waals surface area contributed by atoms with Crippen molar-refractivity contribution in [2.75, 3.05) is 37.7 Å². The molecule has 0 aliphatic carbocycles. The number of carbonyl (C=O) groups excluding carboxylic acids is 1. The van der Waals surface area contributed by atoms with Gasteiger partial charge in [0.2, 0.25) is 0 Å². The molecule has 7 heteroatoms. The number of fused-ring (bicyclic) bond motifs is 1. The number of anilines is 1. The first-order valence-electron chi connectivity index (χ1n) is 9.40. The molecule has 26 heavy (non-hydrogen) atoms. The number of aromatic nitrogens is 2. The monoisotopic (exact) mass is 355 g/mol. The third-order valence-electron chi connectivity index (χ3n) is 5.23. The Morgan fingerprint density at radius 1 is 1.12 bits per heavy atom. The van der Waals surface area contributed by atoms with Crippen LogP contribution in [-0.2, 0) is 4.74 Å². The van der Waals surface area contributed by atoms with Crippen LogP contribution in [0.2, 0.25) is 0 Å². The van der Waals surface area contributed by atoms with Gasteiger partial charge in [-0.3, -0.25) is 10.2 Å². The number of piperidine rings is 1. The average molecular weight is 355 g/mol. The summed E-state index contributed by atoms with van der Waals surface area (Å²) >= 11 is 0. The van der Waals surface area contributed by atoms with Crippen molar-refractivity contribution in [2.24, 2.45) is 0 Å². The fourth-order valence-electron chi connectivity index (χ4n) is 3.75. The Balaban J connectivity index is 1.66. The van der Waals surface area contributed by atoms with Crippen LogP contribution in [0.25, 0.3) is 10.8 Å². The van der Waals surface area contributed by atoms with Crippen LogP contribution < -0.4 is 10.3 Å². The lowest BCUT2D eigenvalue weighted by Crippen LogP contribution is -2.48. The number of amides is 1. The molecule has 1 aromatic heterocycles.